The first kappa shape index (κ1) is 17.1. The standard InChI is InChI=1S/C20H16N4O2S/c1-27(25,26)20-23-18(17(11-21)19(22)24-20)15-8-4-7-14-9-12-5-2-3-6-13(12)10-16(14)15/h2-10,18H,22H2,1H3,(H,23,24). The maximum atomic E-state index is 12.0. The molecule has 0 aromatic heterocycles. The second kappa shape index (κ2) is 6.11. The van der Waals surface area contributed by atoms with Crippen LogP contribution in [0.5, 0.6) is 0 Å². The SMILES string of the molecule is CS(=O)(=O)C1=NC(c2cccc3cc4ccccc4cc23)C(C#N)=C(N)N1. The van der Waals surface area contributed by atoms with Crippen molar-refractivity contribution in [3.63, 3.8) is 0 Å². The lowest BCUT2D eigenvalue weighted by Gasteiger charge is -2.23. The van der Waals surface area contributed by atoms with E-state index < -0.39 is 15.9 Å². The number of hydrogen-bond donors (Lipinski definition) is 2. The maximum Gasteiger partial charge on any atom is 0.222 e. The highest BCUT2D eigenvalue weighted by Gasteiger charge is 2.29. The van der Waals surface area contributed by atoms with Gasteiger partial charge in [0.25, 0.3) is 0 Å². The number of rotatable bonds is 1. The Kier molecular flexibility index (Phi) is 3.86. The summed E-state index contributed by atoms with van der Waals surface area (Å²) < 4.78 is 24.0. The number of fused-ring (bicyclic) bond motifs is 2. The lowest BCUT2D eigenvalue weighted by Crippen LogP contribution is -2.38. The van der Waals surface area contributed by atoms with E-state index >= 15 is 0 Å². The normalized spacial score (nSPS) is 17.5. The Morgan fingerprint density at radius 2 is 1.74 bits per heavy atom. The fourth-order valence-corrected chi connectivity index (χ4v) is 3.90. The van der Waals surface area contributed by atoms with Crippen molar-refractivity contribution in [2.24, 2.45) is 10.7 Å². The lowest BCUT2D eigenvalue weighted by molar-refractivity contribution is 0.610. The fourth-order valence-electron chi connectivity index (χ4n) is 3.31. The van der Waals surface area contributed by atoms with Gasteiger partial charge in [-0.3, -0.25) is 0 Å². The van der Waals surface area contributed by atoms with Crippen molar-refractivity contribution < 1.29 is 8.42 Å². The van der Waals surface area contributed by atoms with Gasteiger partial charge in [-0.25, -0.2) is 13.4 Å². The van der Waals surface area contributed by atoms with Crippen molar-refractivity contribution in [1.29, 1.82) is 5.26 Å². The molecule has 0 amide bonds. The van der Waals surface area contributed by atoms with Gasteiger partial charge in [0.05, 0.1) is 5.57 Å². The van der Waals surface area contributed by atoms with Gasteiger partial charge in [-0.2, -0.15) is 5.26 Å². The lowest BCUT2D eigenvalue weighted by atomic mass is 9.92. The van der Waals surface area contributed by atoms with Crippen molar-refractivity contribution in [2.45, 2.75) is 6.04 Å². The maximum absolute atomic E-state index is 12.0. The first-order chi connectivity index (χ1) is 12.9. The number of sulfone groups is 1. The molecule has 27 heavy (non-hydrogen) atoms. The number of nitrogens with one attached hydrogen (secondary N) is 1. The molecule has 1 atom stereocenters. The predicted molar refractivity (Wildman–Crippen MR) is 106 cm³/mol. The van der Waals surface area contributed by atoms with Gasteiger partial charge in [-0.05, 0) is 39.2 Å². The fraction of sp³-hybridized carbons (Fsp3) is 0.100. The molecule has 0 saturated heterocycles. The molecule has 0 aliphatic carbocycles. The quantitative estimate of drug-likeness (QED) is 0.635. The number of benzene rings is 3. The molecule has 6 nitrogen and oxygen atoms in total. The Morgan fingerprint density at radius 3 is 2.41 bits per heavy atom. The third-order valence-corrected chi connectivity index (χ3v) is 5.51. The van der Waals surface area contributed by atoms with Crippen molar-refractivity contribution in [3.8, 4) is 6.07 Å². The van der Waals surface area contributed by atoms with Gasteiger partial charge < -0.3 is 11.1 Å². The molecule has 0 saturated carbocycles. The topological polar surface area (TPSA) is 108 Å². The zero-order chi connectivity index (χ0) is 19.2. The summed E-state index contributed by atoms with van der Waals surface area (Å²) in [4.78, 5) is 4.31. The summed E-state index contributed by atoms with van der Waals surface area (Å²) >= 11 is 0. The zero-order valence-electron chi connectivity index (χ0n) is 14.5. The van der Waals surface area contributed by atoms with Crippen LogP contribution in [0.1, 0.15) is 11.6 Å². The van der Waals surface area contributed by atoms with Crippen LogP contribution in [0.25, 0.3) is 21.5 Å². The molecular formula is C20H16N4O2S. The van der Waals surface area contributed by atoms with Crippen LogP contribution in [0.15, 0.2) is 71.0 Å². The van der Waals surface area contributed by atoms with Crippen LogP contribution in [0.4, 0.5) is 0 Å². The van der Waals surface area contributed by atoms with Gasteiger partial charge in [0, 0.05) is 6.26 Å². The van der Waals surface area contributed by atoms with E-state index in [0.717, 1.165) is 33.4 Å². The molecule has 3 aromatic rings. The largest absolute Gasteiger partial charge is 0.384 e. The highest BCUT2D eigenvalue weighted by Crippen LogP contribution is 2.35. The minimum absolute atomic E-state index is 0.00992. The van der Waals surface area contributed by atoms with Gasteiger partial charge in [0.1, 0.15) is 17.9 Å². The third-order valence-electron chi connectivity index (χ3n) is 4.60. The monoisotopic (exact) mass is 376 g/mol. The summed E-state index contributed by atoms with van der Waals surface area (Å²) in [6, 6.07) is 19.0. The molecule has 0 spiro atoms. The molecule has 134 valence electrons. The molecule has 4 rings (SSSR count). The van der Waals surface area contributed by atoms with E-state index in [0.29, 0.717) is 0 Å². The van der Waals surface area contributed by atoms with E-state index in [1.807, 2.05) is 48.5 Å². The van der Waals surface area contributed by atoms with E-state index in [1.165, 1.54) is 0 Å². The summed E-state index contributed by atoms with van der Waals surface area (Å²) in [5, 5.41) is 15.9. The molecule has 1 aliphatic rings. The van der Waals surface area contributed by atoms with Crippen LogP contribution >= 0.6 is 0 Å². The average Bonchev–Trinajstić information content (AvgIpc) is 2.64. The second-order valence-corrected chi connectivity index (χ2v) is 8.37. The van der Waals surface area contributed by atoms with Gasteiger partial charge in [-0.1, -0.05) is 42.5 Å². The summed E-state index contributed by atoms with van der Waals surface area (Å²) in [6.45, 7) is 0. The van der Waals surface area contributed by atoms with Crippen molar-refractivity contribution in [3.05, 3.63) is 71.6 Å². The summed E-state index contributed by atoms with van der Waals surface area (Å²) in [7, 11) is -3.60. The highest BCUT2D eigenvalue weighted by atomic mass is 32.2. The van der Waals surface area contributed by atoms with E-state index in [9.17, 15) is 13.7 Å². The van der Waals surface area contributed by atoms with Crippen LogP contribution < -0.4 is 11.1 Å². The Bertz CT molecular complexity index is 1300. The van der Waals surface area contributed by atoms with Crippen LogP contribution in [0.2, 0.25) is 0 Å². The molecule has 0 fully saturated rings. The predicted octanol–water partition coefficient (Wildman–Crippen LogP) is 2.73. The molecule has 1 heterocycles. The van der Waals surface area contributed by atoms with Crippen molar-refractivity contribution in [2.75, 3.05) is 6.26 Å². The van der Waals surface area contributed by atoms with Crippen LogP contribution in [0.3, 0.4) is 0 Å². The molecule has 7 heteroatoms. The molecule has 0 bridgehead atoms. The molecule has 3 N–H and O–H groups in total. The first-order valence-corrected chi connectivity index (χ1v) is 10.1. The minimum atomic E-state index is -3.60. The van der Waals surface area contributed by atoms with Crippen LogP contribution in [-0.4, -0.2) is 19.8 Å². The van der Waals surface area contributed by atoms with Crippen LogP contribution in [-0.2, 0) is 9.84 Å². The van der Waals surface area contributed by atoms with Gasteiger partial charge in [-0.15, -0.1) is 0 Å². The first-order valence-electron chi connectivity index (χ1n) is 8.24. The summed E-state index contributed by atoms with van der Waals surface area (Å²) in [5.41, 5.74) is 6.87. The molecular weight excluding hydrogens is 360 g/mol. The van der Waals surface area contributed by atoms with Gasteiger partial charge >= 0.3 is 0 Å². The Labute approximate surface area is 156 Å². The summed E-state index contributed by atoms with van der Waals surface area (Å²) in [5.74, 6) is 0.00992. The Balaban J connectivity index is 2.02. The van der Waals surface area contributed by atoms with E-state index in [1.54, 1.807) is 0 Å². The zero-order valence-corrected chi connectivity index (χ0v) is 15.3. The molecule has 1 unspecified atom stereocenters. The number of hydrogen-bond acceptors (Lipinski definition) is 6. The van der Waals surface area contributed by atoms with Crippen molar-refractivity contribution >= 4 is 36.5 Å². The molecule has 0 radical (unpaired) electrons. The minimum Gasteiger partial charge on any atom is -0.384 e. The van der Waals surface area contributed by atoms with E-state index in [-0.39, 0.29) is 16.6 Å². The van der Waals surface area contributed by atoms with Crippen LogP contribution in [0, 0.1) is 11.3 Å². The van der Waals surface area contributed by atoms with E-state index in [4.69, 9.17) is 5.73 Å². The molecule has 3 aromatic carbocycles. The van der Waals surface area contributed by atoms with E-state index in [2.05, 4.69) is 22.4 Å². The molecule has 1 aliphatic heterocycles. The number of nitrogens with two attached hydrogens (primary N) is 1. The Morgan fingerprint density at radius 1 is 1.07 bits per heavy atom. The number of nitriles is 1. The number of nitrogens with zero attached hydrogens (tertiary/aromatic N) is 2. The smallest absolute Gasteiger partial charge is 0.222 e. The number of aliphatic imine (C=N–C) groups is 1. The number of amidine groups is 1. The summed E-state index contributed by atoms with van der Waals surface area (Å²) in [6.07, 6.45) is 1.05. The van der Waals surface area contributed by atoms with Gasteiger partial charge in [0.2, 0.25) is 15.0 Å². The third kappa shape index (κ3) is 2.90. The van der Waals surface area contributed by atoms with Crippen molar-refractivity contribution in [1.82, 2.24) is 5.32 Å². The Hall–Kier alpha value is -3.37. The average molecular weight is 376 g/mol. The highest BCUT2D eigenvalue weighted by molar-refractivity contribution is 8.05. The van der Waals surface area contributed by atoms with Gasteiger partial charge in [0.15, 0.2) is 0 Å². The second-order valence-electron chi connectivity index (χ2n) is 6.44.